The van der Waals surface area contributed by atoms with Crippen LogP contribution in [0.5, 0.6) is 0 Å². The highest BCUT2D eigenvalue weighted by Crippen LogP contribution is 2.57. The van der Waals surface area contributed by atoms with Gasteiger partial charge in [0.1, 0.15) is 11.2 Å². The van der Waals surface area contributed by atoms with E-state index in [1.807, 2.05) is 12.1 Å². The van der Waals surface area contributed by atoms with Crippen LogP contribution in [0.25, 0.3) is 66.4 Å². The molecule has 65 heavy (non-hydrogen) atoms. The summed E-state index contributed by atoms with van der Waals surface area (Å²) in [4.78, 5) is 2.45. The zero-order valence-corrected chi connectivity index (χ0v) is 36.4. The summed E-state index contributed by atoms with van der Waals surface area (Å²) < 4.78 is 6.52. The predicted molar refractivity (Wildman–Crippen MR) is 271 cm³/mol. The second kappa shape index (κ2) is 15.6. The van der Waals surface area contributed by atoms with Crippen molar-refractivity contribution in [3.63, 3.8) is 0 Å². The number of hydrogen-bond acceptors (Lipinski definition) is 2. The van der Waals surface area contributed by atoms with E-state index in [1.165, 1.54) is 55.6 Å². The van der Waals surface area contributed by atoms with Crippen LogP contribution in [0, 0.1) is 13.8 Å². The largest absolute Gasteiger partial charge is 0.455 e. The SMILES string of the molecule is Cc1ccc(C2(c3ccc(C)cc3)c3ccccc3-c3ccc(N(c4ccc(-c5cccc6c5oc5ccccc56)cc4)c4ccccc4-c4ccc(-c5ccccc5)cc4)cc32)cc1. The monoisotopic (exact) mass is 831 g/mol. The van der Waals surface area contributed by atoms with Crippen molar-refractivity contribution in [1.82, 2.24) is 0 Å². The summed E-state index contributed by atoms with van der Waals surface area (Å²) in [6.45, 7) is 4.34. The van der Waals surface area contributed by atoms with Crippen molar-refractivity contribution in [2.24, 2.45) is 0 Å². The molecule has 2 nitrogen and oxygen atoms in total. The molecule has 1 aliphatic rings. The maximum Gasteiger partial charge on any atom is 0.143 e. The highest BCUT2D eigenvalue weighted by molar-refractivity contribution is 6.09. The number of fused-ring (bicyclic) bond motifs is 6. The molecule has 0 bridgehead atoms. The first-order chi connectivity index (χ1) is 32.0. The number of para-hydroxylation sites is 3. The lowest BCUT2D eigenvalue weighted by Gasteiger charge is -2.35. The van der Waals surface area contributed by atoms with Crippen LogP contribution in [0.1, 0.15) is 33.4 Å². The number of anilines is 3. The third-order valence-corrected chi connectivity index (χ3v) is 13.5. The van der Waals surface area contributed by atoms with Crippen LogP contribution in [-0.2, 0) is 5.41 Å². The molecule has 308 valence electrons. The molecule has 0 atom stereocenters. The predicted octanol–water partition coefficient (Wildman–Crippen LogP) is 17.0. The number of rotatable bonds is 8. The van der Waals surface area contributed by atoms with Gasteiger partial charge in [-0.15, -0.1) is 0 Å². The van der Waals surface area contributed by atoms with E-state index in [9.17, 15) is 0 Å². The highest BCUT2D eigenvalue weighted by atomic mass is 16.3. The minimum Gasteiger partial charge on any atom is -0.455 e. The van der Waals surface area contributed by atoms with Crippen molar-refractivity contribution in [3.8, 4) is 44.5 Å². The Labute approximate surface area is 380 Å². The van der Waals surface area contributed by atoms with Crippen LogP contribution in [0.15, 0.2) is 241 Å². The zero-order valence-electron chi connectivity index (χ0n) is 36.4. The Balaban J connectivity index is 1.07. The van der Waals surface area contributed by atoms with Gasteiger partial charge in [0.05, 0.1) is 11.1 Å². The van der Waals surface area contributed by atoms with Gasteiger partial charge >= 0.3 is 0 Å². The lowest BCUT2D eigenvalue weighted by atomic mass is 9.67. The van der Waals surface area contributed by atoms with Crippen molar-refractivity contribution >= 4 is 39.0 Å². The molecule has 0 saturated carbocycles. The van der Waals surface area contributed by atoms with E-state index in [-0.39, 0.29) is 0 Å². The van der Waals surface area contributed by atoms with E-state index in [4.69, 9.17) is 4.42 Å². The topological polar surface area (TPSA) is 16.4 Å². The van der Waals surface area contributed by atoms with E-state index in [0.717, 1.165) is 61.3 Å². The normalized spacial score (nSPS) is 12.6. The van der Waals surface area contributed by atoms with Crippen LogP contribution < -0.4 is 4.90 Å². The van der Waals surface area contributed by atoms with Gasteiger partial charge in [-0.1, -0.05) is 211 Å². The van der Waals surface area contributed by atoms with Gasteiger partial charge in [0.2, 0.25) is 0 Å². The summed E-state index contributed by atoms with van der Waals surface area (Å²) in [5, 5.41) is 2.26. The van der Waals surface area contributed by atoms with Crippen LogP contribution >= 0.6 is 0 Å². The summed E-state index contributed by atoms with van der Waals surface area (Å²) in [5.74, 6) is 0. The molecule has 1 heterocycles. The molecule has 0 fully saturated rings. The first-order valence-electron chi connectivity index (χ1n) is 22.5. The van der Waals surface area contributed by atoms with Gasteiger partial charge in [0.15, 0.2) is 0 Å². The fourth-order valence-corrected chi connectivity index (χ4v) is 10.4. The molecular formula is C63H45NO. The fourth-order valence-electron chi connectivity index (χ4n) is 10.4. The summed E-state index contributed by atoms with van der Waals surface area (Å²) >= 11 is 0. The van der Waals surface area contributed by atoms with Crippen LogP contribution in [-0.4, -0.2) is 0 Å². The van der Waals surface area contributed by atoms with E-state index in [2.05, 4.69) is 243 Å². The second-order valence-corrected chi connectivity index (χ2v) is 17.4. The second-order valence-electron chi connectivity index (χ2n) is 17.4. The highest BCUT2D eigenvalue weighted by Gasteiger charge is 2.46. The van der Waals surface area contributed by atoms with Gasteiger partial charge in [-0.05, 0) is 106 Å². The first kappa shape index (κ1) is 38.5. The average Bonchev–Trinajstić information content (AvgIpc) is 3.89. The van der Waals surface area contributed by atoms with Crippen molar-refractivity contribution in [3.05, 3.63) is 270 Å². The molecule has 11 aromatic rings. The van der Waals surface area contributed by atoms with Crippen molar-refractivity contribution < 1.29 is 4.42 Å². The summed E-state index contributed by atoms with van der Waals surface area (Å²) in [5.41, 5.74) is 21.5. The smallest absolute Gasteiger partial charge is 0.143 e. The van der Waals surface area contributed by atoms with Crippen LogP contribution in [0.3, 0.4) is 0 Å². The lowest BCUT2D eigenvalue weighted by Crippen LogP contribution is -2.29. The molecule has 1 aromatic heterocycles. The van der Waals surface area contributed by atoms with Gasteiger partial charge in [-0.2, -0.15) is 0 Å². The number of furan rings is 1. The standard InChI is InChI=1S/C63H45NO/c1-42-23-33-48(34-24-42)63(49-35-25-43(2)26-36-49)58-20-9-6-16-54(58)55-40-39-51(41-59(55)63)64(60-21-10-7-15-52(60)46-29-27-45(28-30-46)44-13-4-3-5-14-44)50-37-31-47(32-38-50)53-18-12-19-57-56-17-8-11-22-61(56)65-62(53)57/h3-41H,1-2H3. The van der Waals surface area contributed by atoms with E-state index in [0.29, 0.717) is 0 Å². The summed E-state index contributed by atoms with van der Waals surface area (Å²) in [6.07, 6.45) is 0. The average molecular weight is 832 g/mol. The number of nitrogens with zero attached hydrogens (tertiary/aromatic N) is 1. The van der Waals surface area contributed by atoms with Crippen molar-refractivity contribution in [2.45, 2.75) is 19.3 Å². The molecule has 0 amide bonds. The zero-order chi connectivity index (χ0) is 43.5. The molecule has 2 heteroatoms. The fraction of sp³-hybridized carbons (Fsp3) is 0.0476. The third-order valence-electron chi connectivity index (χ3n) is 13.5. The summed E-state index contributed by atoms with van der Waals surface area (Å²) in [7, 11) is 0. The van der Waals surface area contributed by atoms with E-state index in [1.54, 1.807) is 0 Å². The van der Waals surface area contributed by atoms with Crippen molar-refractivity contribution in [1.29, 1.82) is 0 Å². The minimum atomic E-state index is -0.545. The Morgan fingerprint density at radius 3 is 1.62 bits per heavy atom. The Bertz CT molecular complexity index is 3480. The van der Waals surface area contributed by atoms with Gasteiger partial charge in [-0.25, -0.2) is 0 Å². The van der Waals surface area contributed by atoms with Gasteiger partial charge in [0, 0.05) is 33.3 Å². The molecule has 0 spiro atoms. The Hall–Kier alpha value is -8.20. The van der Waals surface area contributed by atoms with Crippen LogP contribution in [0.2, 0.25) is 0 Å². The number of benzene rings is 10. The van der Waals surface area contributed by atoms with Gasteiger partial charge in [0.25, 0.3) is 0 Å². The molecule has 10 aromatic carbocycles. The molecule has 0 radical (unpaired) electrons. The molecule has 0 N–H and O–H groups in total. The van der Waals surface area contributed by atoms with Gasteiger partial charge in [-0.3, -0.25) is 0 Å². The van der Waals surface area contributed by atoms with Crippen LogP contribution in [0.4, 0.5) is 17.1 Å². The maximum atomic E-state index is 6.52. The summed E-state index contributed by atoms with van der Waals surface area (Å²) in [6, 6.07) is 86.7. The minimum absolute atomic E-state index is 0.545. The lowest BCUT2D eigenvalue weighted by molar-refractivity contribution is 0.670. The Morgan fingerprint density at radius 1 is 0.354 bits per heavy atom. The molecular weight excluding hydrogens is 787 g/mol. The van der Waals surface area contributed by atoms with Crippen molar-refractivity contribution in [2.75, 3.05) is 4.90 Å². The Morgan fingerprint density at radius 2 is 0.877 bits per heavy atom. The first-order valence-corrected chi connectivity index (χ1v) is 22.5. The van der Waals surface area contributed by atoms with E-state index >= 15 is 0 Å². The molecule has 1 aliphatic carbocycles. The Kier molecular flexibility index (Phi) is 9.21. The molecule has 0 aliphatic heterocycles. The number of aryl methyl sites for hydroxylation is 2. The maximum absolute atomic E-state index is 6.52. The van der Waals surface area contributed by atoms with E-state index < -0.39 is 5.41 Å². The number of hydrogen-bond donors (Lipinski definition) is 0. The quantitative estimate of drug-likeness (QED) is 0.152. The molecule has 12 rings (SSSR count). The van der Waals surface area contributed by atoms with Gasteiger partial charge < -0.3 is 9.32 Å². The molecule has 0 saturated heterocycles. The molecule has 0 unspecified atom stereocenters. The third kappa shape index (κ3) is 6.32.